The fraction of sp³-hybridized carbons (Fsp3) is 0.385. The van der Waals surface area contributed by atoms with Gasteiger partial charge in [-0.05, 0) is 37.1 Å². The van der Waals surface area contributed by atoms with Gasteiger partial charge >= 0.3 is 11.9 Å². The summed E-state index contributed by atoms with van der Waals surface area (Å²) in [6, 6.07) is 12.9. The lowest BCUT2D eigenvalue weighted by atomic mass is 10.1. The van der Waals surface area contributed by atoms with Gasteiger partial charge in [0.05, 0.1) is 11.1 Å². The molecule has 0 radical (unpaired) electrons. The lowest BCUT2D eigenvalue weighted by molar-refractivity contribution is -0.135. The standard InChI is InChI=1S/C26H34N4O6/c27-29-25(33)19-13-9-11-15-21(19)35-23(31)17-7-5-3-1-2-4-6-8-18-24(32)36-22-16-12-10-14-20(22)26(34)30-28/h9-16H,1-8,17-18,27-28H2,(H,29,33)(H,30,34). The highest BCUT2D eigenvalue weighted by Gasteiger charge is 2.15. The van der Waals surface area contributed by atoms with E-state index in [0.717, 1.165) is 38.5 Å². The molecule has 0 aliphatic rings. The first-order chi connectivity index (χ1) is 17.5. The van der Waals surface area contributed by atoms with Crippen LogP contribution < -0.4 is 32.0 Å². The van der Waals surface area contributed by atoms with Gasteiger partial charge in [0.25, 0.3) is 11.8 Å². The second-order valence-electron chi connectivity index (χ2n) is 8.22. The Morgan fingerprint density at radius 2 is 0.889 bits per heavy atom. The Kier molecular flexibility index (Phi) is 12.7. The minimum Gasteiger partial charge on any atom is -0.426 e. The van der Waals surface area contributed by atoms with Crippen LogP contribution in [0.4, 0.5) is 0 Å². The number of amides is 2. The monoisotopic (exact) mass is 498 g/mol. The lowest BCUT2D eigenvalue weighted by Gasteiger charge is -2.09. The molecule has 0 unspecified atom stereocenters. The van der Waals surface area contributed by atoms with E-state index in [1.807, 2.05) is 10.9 Å². The molecule has 2 aromatic rings. The van der Waals surface area contributed by atoms with Crippen LogP contribution in [0.15, 0.2) is 48.5 Å². The summed E-state index contributed by atoms with van der Waals surface area (Å²) in [7, 11) is 0. The number of ether oxygens (including phenoxy) is 2. The zero-order valence-electron chi connectivity index (χ0n) is 20.3. The van der Waals surface area contributed by atoms with Crippen molar-refractivity contribution >= 4 is 23.8 Å². The molecule has 0 atom stereocenters. The van der Waals surface area contributed by atoms with Gasteiger partial charge in [-0.3, -0.25) is 30.0 Å². The zero-order valence-corrected chi connectivity index (χ0v) is 20.3. The SMILES string of the molecule is NNC(=O)c1ccccc1OC(=O)CCCCCCCCCCC(=O)Oc1ccccc1C(=O)NN. The summed E-state index contributed by atoms with van der Waals surface area (Å²) in [4.78, 5) is 47.6. The molecule has 194 valence electrons. The van der Waals surface area contributed by atoms with Crippen molar-refractivity contribution in [3.63, 3.8) is 0 Å². The van der Waals surface area contributed by atoms with Crippen LogP contribution in [-0.4, -0.2) is 23.8 Å². The van der Waals surface area contributed by atoms with Gasteiger partial charge in [0.2, 0.25) is 0 Å². The molecule has 10 heteroatoms. The van der Waals surface area contributed by atoms with E-state index < -0.39 is 11.8 Å². The highest BCUT2D eigenvalue weighted by atomic mass is 16.5. The first-order valence-electron chi connectivity index (χ1n) is 12.1. The lowest BCUT2D eigenvalue weighted by Crippen LogP contribution is -2.30. The normalized spacial score (nSPS) is 10.4. The number of hydrogen-bond donors (Lipinski definition) is 4. The predicted molar refractivity (Wildman–Crippen MR) is 134 cm³/mol. The summed E-state index contributed by atoms with van der Waals surface area (Å²) in [5.41, 5.74) is 4.49. The molecule has 0 heterocycles. The molecule has 0 aliphatic carbocycles. The summed E-state index contributed by atoms with van der Waals surface area (Å²) >= 11 is 0. The minimum absolute atomic E-state index is 0.194. The number of nitrogens with one attached hydrogen (secondary N) is 2. The molecule has 2 aromatic carbocycles. The van der Waals surface area contributed by atoms with Crippen molar-refractivity contribution in [2.75, 3.05) is 0 Å². The first kappa shape index (κ1) is 28.5. The third-order valence-corrected chi connectivity index (χ3v) is 5.48. The van der Waals surface area contributed by atoms with E-state index in [1.54, 1.807) is 36.4 Å². The van der Waals surface area contributed by atoms with E-state index in [0.29, 0.717) is 12.8 Å². The number of unbranched alkanes of at least 4 members (excludes halogenated alkanes) is 7. The number of rotatable bonds is 15. The second kappa shape index (κ2) is 16.0. The van der Waals surface area contributed by atoms with E-state index in [4.69, 9.17) is 21.2 Å². The molecule has 6 N–H and O–H groups in total. The summed E-state index contributed by atoms with van der Waals surface area (Å²) in [5, 5.41) is 0. The third-order valence-electron chi connectivity index (χ3n) is 5.48. The van der Waals surface area contributed by atoms with Gasteiger partial charge in [0.1, 0.15) is 11.5 Å². The third kappa shape index (κ3) is 9.85. The van der Waals surface area contributed by atoms with Crippen molar-refractivity contribution in [2.24, 2.45) is 11.7 Å². The van der Waals surface area contributed by atoms with Crippen LogP contribution in [-0.2, 0) is 9.59 Å². The molecular weight excluding hydrogens is 464 g/mol. The fourth-order valence-corrected chi connectivity index (χ4v) is 3.59. The van der Waals surface area contributed by atoms with E-state index in [2.05, 4.69) is 0 Å². The molecule has 0 spiro atoms. The number of benzene rings is 2. The van der Waals surface area contributed by atoms with Crippen molar-refractivity contribution in [3.8, 4) is 11.5 Å². The number of hydrazine groups is 2. The molecule has 0 aliphatic heterocycles. The van der Waals surface area contributed by atoms with Crippen molar-refractivity contribution in [1.82, 2.24) is 10.9 Å². The Morgan fingerprint density at radius 1 is 0.556 bits per heavy atom. The first-order valence-corrected chi connectivity index (χ1v) is 12.1. The van der Waals surface area contributed by atoms with E-state index in [-0.39, 0.29) is 47.4 Å². The number of para-hydroxylation sites is 2. The van der Waals surface area contributed by atoms with Crippen LogP contribution in [0.5, 0.6) is 11.5 Å². The molecule has 0 saturated carbocycles. The number of carbonyl (C=O) groups is 4. The van der Waals surface area contributed by atoms with Crippen molar-refractivity contribution < 1.29 is 28.7 Å². The number of carbonyl (C=O) groups excluding carboxylic acids is 4. The summed E-state index contributed by atoms with van der Waals surface area (Å²) in [5.74, 6) is 8.89. The zero-order chi connectivity index (χ0) is 26.2. The number of nitrogens with two attached hydrogens (primary N) is 2. The molecule has 0 bridgehead atoms. The van der Waals surface area contributed by atoms with Crippen LogP contribution in [0.1, 0.15) is 84.9 Å². The van der Waals surface area contributed by atoms with E-state index in [1.165, 1.54) is 12.1 Å². The number of esters is 2. The van der Waals surface area contributed by atoms with Gasteiger partial charge in [0, 0.05) is 12.8 Å². The highest BCUT2D eigenvalue weighted by molar-refractivity contribution is 5.97. The molecule has 0 saturated heterocycles. The van der Waals surface area contributed by atoms with E-state index in [9.17, 15) is 19.2 Å². The quantitative estimate of drug-likeness (QED) is 0.0726. The predicted octanol–water partition coefficient (Wildman–Crippen LogP) is 3.31. The largest absolute Gasteiger partial charge is 0.426 e. The van der Waals surface area contributed by atoms with Gasteiger partial charge in [-0.15, -0.1) is 0 Å². The van der Waals surface area contributed by atoms with Crippen LogP contribution in [0.3, 0.4) is 0 Å². The van der Waals surface area contributed by atoms with Crippen LogP contribution in [0, 0.1) is 0 Å². The molecule has 2 amide bonds. The van der Waals surface area contributed by atoms with Gasteiger partial charge in [-0.1, -0.05) is 62.8 Å². The maximum atomic E-state index is 12.1. The number of nitrogen functional groups attached to an aromatic ring is 2. The van der Waals surface area contributed by atoms with Crippen molar-refractivity contribution in [2.45, 2.75) is 64.2 Å². The molecule has 10 nitrogen and oxygen atoms in total. The highest BCUT2D eigenvalue weighted by Crippen LogP contribution is 2.20. The molecular formula is C26H34N4O6. The van der Waals surface area contributed by atoms with E-state index >= 15 is 0 Å². The van der Waals surface area contributed by atoms with Crippen molar-refractivity contribution in [3.05, 3.63) is 59.7 Å². The maximum absolute atomic E-state index is 12.1. The Balaban J connectivity index is 1.52. The van der Waals surface area contributed by atoms with Crippen LogP contribution in [0.2, 0.25) is 0 Å². The minimum atomic E-state index is -0.517. The molecule has 36 heavy (non-hydrogen) atoms. The Hall–Kier alpha value is -3.76. The van der Waals surface area contributed by atoms with Crippen LogP contribution in [0.25, 0.3) is 0 Å². The van der Waals surface area contributed by atoms with Crippen molar-refractivity contribution in [1.29, 1.82) is 0 Å². The van der Waals surface area contributed by atoms with Gasteiger partial charge in [0.15, 0.2) is 0 Å². The number of hydrogen-bond acceptors (Lipinski definition) is 8. The summed E-state index contributed by atoms with van der Waals surface area (Å²) in [6.45, 7) is 0. The molecule has 0 fully saturated rings. The van der Waals surface area contributed by atoms with Gasteiger partial charge in [-0.2, -0.15) is 0 Å². The summed E-state index contributed by atoms with van der Waals surface area (Å²) < 4.78 is 10.6. The van der Waals surface area contributed by atoms with Gasteiger partial charge < -0.3 is 9.47 Å². The molecule has 2 rings (SSSR count). The average molecular weight is 499 g/mol. The molecule has 0 aromatic heterocycles. The Bertz CT molecular complexity index is 945. The van der Waals surface area contributed by atoms with Crippen LogP contribution >= 0.6 is 0 Å². The van der Waals surface area contributed by atoms with Gasteiger partial charge in [-0.25, -0.2) is 11.7 Å². The smallest absolute Gasteiger partial charge is 0.311 e. The Labute approximate surface area is 210 Å². The second-order valence-corrected chi connectivity index (χ2v) is 8.22. The topological polar surface area (TPSA) is 163 Å². The maximum Gasteiger partial charge on any atom is 0.311 e. The summed E-state index contributed by atoms with van der Waals surface area (Å²) in [6.07, 6.45) is 7.86. The average Bonchev–Trinajstić information content (AvgIpc) is 2.89. The fourth-order valence-electron chi connectivity index (χ4n) is 3.59. The Morgan fingerprint density at radius 3 is 1.25 bits per heavy atom.